The third kappa shape index (κ3) is 4.22. The number of amides is 1. The van der Waals surface area contributed by atoms with Gasteiger partial charge in [-0.15, -0.1) is 0 Å². The summed E-state index contributed by atoms with van der Waals surface area (Å²) in [6.07, 6.45) is 3.78. The van der Waals surface area contributed by atoms with Crippen LogP contribution in [0.3, 0.4) is 0 Å². The van der Waals surface area contributed by atoms with Crippen molar-refractivity contribution in [2.24, 2.45) is 5.73 Å². The molecule has 0 aliphatic carbocycles. The molecule has 3 N–H and O–H groups in total. The van der Waals surface area contributed by atoms with Crippen LogP contribution in [-0.4, -0.2) is 35.6 Å². The summed E-state index contributed by atoms with van der Waals surface area (Å²) in [5.41, 5.74) is 6.10. The van der Waals surface area contributed by atoms with Crippen LogP contribution in [0.15, 0.2) is 12.5 Å². The molecule has 6 heteroatoms. The Morgan fingerprint density at radius 2 is 2.44 bits per heavy atom. The van der Waals surface area contributed by atoms with Crippen LogP contribution >= 0.6 is 0 Å². The molecule has 0 saturated heterocycles. The van der Waals surface area contributed by atoms with Crippen LogP contribution < -0.4 is 15.8 Å². The number of hydrogen-bond donors (Lipinski definition) is 2. The van der Waals surface area contributed by atoms with E-state index in [1.807, 2.05) is 6.92 Å². The van der Waals surface area contributed by atoms with Crippen molar-refractivity contribution in [2.45, 2.75) is 13.3 Å². The van der Waals surface area contributed by atoms with Crippen LogP contribution in [0.1, 0.15) is 12.0 Å². The van der Waals surface area contributed by atoms with Crippen molar-refractivity contribution in [1.29, 1.82) is 0 Å². The smallest absolute Gasteiger partial charge is 0.258 e. The summed E-state index contributed by atoms with van der Waals surface area (Å²) >= 11 is 0. The molecule has 1 rings (SSSR count). The standard InChI is InChI=1S/C10H16N4O2/c1-8-5-12-7-14-10(8)16-6-9(15)13-4-2-3-11/h5,7H,2-4,6,11H2,1H3,(H,13,15). The van der Waals surface area contributed by atoms with Crippen LogP contribution in [-0.2, 0) is 4.79 Å². The zero-order valence-corrected chi connectivity index (χ0v) is 9.27. The zero-order chi connectivity index (χ0) is 11.8. The lowest BCUT2D eigenvalue weighted by molar-refractivity contribution is -0.123. The number of aromatic nitrogens is 2. The minimum Gasteiger partial charge on any atom is -0.467 e. The van der Waals surface area contributed by atoms with Gasteiger partial charge in [-0.1, -0.05) is 0 Å². The number of hydrogen-bond acceptors (Lipinski definition) is 5. The normalized spacial score (nSPS) is 9.88. The van der Waals surface area contributed by atoms with E-state index >= 15 is 0 Å². The van der Waals surface area contributed by atoms with E-state index in [0.717, 1.165) is 12.0 Å². The summed E-state index contributed by atoms with van der Waals surface area (Å²) in [5, 5.41) is 2.69. The molecule has 0 spiro atoms. The molecule has 1 heterocycles. The molecule has 16 heavy (non-hydrogen) atoms. The third-order valence-corrected chi connectivity index (χ3v) is 1.89. The molecule has 0 aromatic carbocycles. The van der Waals surface area contributed by atoms with Gasteiger partial charge >= 0.3 is 0 Å². The Morgan fingerprint density at radius 1 is 1.62 bits per heavy atom. The van der Waals surface area contributed by atoms with Gasteiger partial charge < -0.3 is 15.8 Å². The molecule has 1 aromatic rings. The van der Waals surface area contributed by atoms with Crippen LogP contribution in [0.25, 0.3) is 0 Å². The predicted molar refractivity (Wildman–Crippen MR) is 58.9 cm³/mol. The second-order valence-corrected chi connectivity index (χ2v) is 3.29. The Morgan fingerprint density at radius 3 is 3.12 bits per heavy atom. The van der Waals surface area contributed by atoms with E-state index in [1.54, 1.807) is 6.20 Å². The average Bonchev–Trinajstić information content (AvgIpc) is 2.28. The molecule has 0 bridgehead atoms. The van der Waals surface area contributed by atoms with E-state index in [2.05, 4.69) is 15.3 Å². The molecule has 88 valence electrons. The van der Waals surface area contributed by atoms with Gasteiger partial charge in [-0.3, -0.25) is 4.79 Å². The molecule has 0 atom stereocenters. The van der Waals surface area contributed by atoms with Crippen molar-refractivity contribution in [3.8, 4) is 5.88 Å². The lowest BCUT2D eigenvalue weighted by Crippen LogP contribution is -2.30. The zero-order valence-electron chi connectivity index (χ0n) is 9.27. The van der Waals surface area contributed by atoms with Crippen LogP contribution in [0.5, 0.6) is 5.88 Å². The predicted octanol–water partition coefficient (Wildman–Crippen LogP) is -0.371. The van der Waals surface area contributed by atoms with Crippen molar-refractivity contribution in [3.05, 3.63) is 18.1 Å². The van der Waals surface area contributed by atoms with E-state index in [9.17, 15) is 4.79 Å². The van der Waals surface area contributed by atoms with E-state index in [1.165, 1.54) is 6.33 Å². The van der Waals surface area contributed by atoms with Crippen molar-refractivity contribution in [3.63, 3.8) is 0 Å². The van der Waals surface area contributed by atoms with Crippen molar-refractivity contribution < 1.29 is 9.53 Å². The summed E-state index contributed by atoms with van der Waals surface area (Å²) < 4.78 is 5.23. The Labute approximate surface area is 94.2 Å². The number of aryl methyl sites for hydroxylation is 1. The number of carbonyl (C=O) groups is 1. The van der Waals surface area contributed by atoms with Gasteiger partial charge in [-0.25, -0.2) is 9.97 Å². The van der Waals surface area contributed by atoms with Gasteiger partial charge in [0.1, 0.15) is 6.33 Å². The maximum Gasteiger partial charge on any atom is 0.258 e. The fraction of sp³-hybridized carbons (Fsp3) is 0.500. The monoisotopic (exact) mass is 224 g/mol. The van der Waals surface area contributed by atoms with Crippen molar-refractivity contribution >= 4 is 5.91 Å². The molecule has 0 aliphatic heterocycles. The molecule has 1 aromatic heterocycles. The van der Waals surface area contributed by atoms with E-state index in [0.29, 0.717) is 19.0 Å². The first-order valence-corrected chi connectivity index (χ1v) is 5.10. The van der Waals surface area contributed by atoms with Gasteiger partial charge in [0.05, 0.1) is 0 Å². The first-order valence-electron chi connectivity index (χ1n) is 5.10. The number of nitrogens with one attached hydrogen (secondary N) is 1. The Kier molecular flexibility index (Phi) is 5.21. The maximum atomic E-state index is 11.3. The SMILES string of the molecule is Cc1cncnc1OCC(=O)NCCCN. The Hall–Kier alpha value is -1.69. The van der Waals surface area contributed by atoms with Gasteiger partial charge in [0.2, 0.25) is 5.88 Å². The van der Waals surface area contributed by atoms with Crippen LogP contribution in [0.2, 0.25) is 0 Å². The maximum absolute atomic E-state index is 11.3. The summed E-state index contributed by atoms with van der Waals surface area (Å²) in [4.78, 5) is 19.0. The molecule has 0 radical (unpaired) electrons. The van der Waals surface area contributed by atoms with Crippen LogP contribution in [0.4, 0.5) is 0 Å². The van der Waals surface area contributed by atoms with Gasteiger partial charge in [-0.05, 0) is 19.9 Å². The first kappa shape index (κ1) is 12.4. The quantitative estimate of drug-likeness (QED) is 0.643. The molecular formula is C10H16N4O2. The van der Waals surface area contributed by atoms with Crippen molar-refractivity contribution in [1.82, 2.24) is 15.3 Å². The van der Waals surface area contributed by atoms with Gasteiger partial charge in [0, 0.05) is 18.3 Å². The lowest BCUT2D eigenvalue weighted by Gasteiger charge is -2.07. The van der Waals surface area contributed by atoms with Crippen molar-refractivity contribution in [2.75, 3.05) is 19.7 Å². The highest BCUT2D eigenvalue weighted by molar-refractivity contribution is 5.77. The molecule has 0 aliphatic rings. The first-order chi connectivity index (χ1) is 7.74. The van der Waals surface area contributed by atoms with Gasteiger partial charge in [0.25, 0.3) is 5.91 Å². The Bertz CT molecular complexity index is 343. The summed E-state index contributed by atoms with van der Waals surface area (Å²) in [6.45, 7) is 2.91. The molecule has 0 fully saturated rings. The Balaban J connectivity index is 2.29. The molecule has 6 nitrogen and oxygen atoms in total. The fourth-order valence-electron chi connectivity index (χ4n) is 1.05. The number of nitrogens with zero attached hydrogens (tertiary/aromatic N) is 2. The lowest BCUT2D eigenvalue weighted by atomic mass is 10.4. The molecule has 0 saturated carbocycles. The highest BCUT2D eigenvalue weighted by Gasteiger charge is 2.04. The molecule has 1 amide bonds. The highest BCUT2D eigenvalue weighted by Crippen LogP contribution is 2.09. The number of rotatable bonds is 6. The second-order valence-electron chi connectivity index (χ2n) is 3.29. The summed E-state index contributed by atoms with van der Waals surface area (Å²) in [6, 6.07) is 0. The number of carbonyl (C=O) groups excluding carboxylic acids is 1. The van der Waals surface area contributed by atoms with E-state index in [4.69, 9.17) is 10.5 Å². The van der Waals surface area contributed by atoms with Gasteiger partial charge in [-0.2, -0.15) is 0 Å². The number of nitrogens with two attached hydrogens (primary N) is 1. The van der Waals surface area contributed by atoms with E-state index < -0.39 is 0 Å². The topological polar surface area (TPSA) is 90.1 Å². The molecular weight excluding hydrogens is 208 g/mol. The molecule has 0 unspecified atom stereocenters. The van der Waals surface area contributed by atoms with Crippen LogP contribution in [0, 0.1) is 6.92 Å². The fourth-order valence-corrected chi connectivity index (χ4v) is 1.05. The minimum absolute atomic E-state index is 0.0393. The third-order valence-electron chi connectivity index (χ3n) is 1.89. The largest absolute Gasteiger partial charge is 0.467 e. The van der Waals surface area contributed by atoms with Gasteiger partial charge in [0.15, 0.2) is 6.61 Å². The summed E-state index contributed by atoms with van der Waals surface area (Å²) in [5.74, 6) is 0.260. The number of ether oxygens (including phenoxy) is 1. The minimum atomic E-state index is -0.175. The summed E-state index contributed by atoms with van der Waals surface area (Å²) in [7, 11) is 0. The average molecular weight is 224 g/mol. The highest BCUT2D eigenvalue weighted by atomic mass is 16.5. The van der Waals surface area contributed by atoms with E-state index in [-0.39, 0.29) is 12.5 Å². The second kappa shape index (κ2) is 6.73.